The van der Waals surface area contributed by atoms with Crippen LogP contribution in [0, 0.1) is 0 Å². The van der Waals surface area contributed by atoms with Gasteiger partial charge in [-0.2, -0.15) is 0 Å². The normalized spacial score (nSPS) is 17.1. The maximum Gasteiger partial charge on any atom is 0.260 e. The van der Waals surface area contributed by atoms with Crippen LogP contribution in [0.1, 0.15) is 28.3 Å². The van der Waals surface area contributed by atoms with E-state index in [4.69, 9.17) is 11.6 Å². The molecule has 5 aromatic rings. The van der Waals surface area contributed by atoms with Crippen LogP contribution in [0.5, 0.6) is 0 Å². The Hall–Kier alpha value is -4.16. The van der Waals surface area contributed by atoms with Crippen LogP contribution in [-0.4, -0.2) is 53.1 Å². The lowest BCUT2D eigenvalue weighted by molar-refractivity contribution is -0.113. The van der Waals surface area contributed by atoms with Gasteiger partial charge < -0.3 is 4.57 Å². The third-order valence-electron chi connectivity index (χ3n) is 8.59. The second-order valence-corrected chi connectivity index (χ2v) is 11.6. The molecule has 42 heavy (non-hydrogen) atoms. The number of anilines is 1. The molecule has 4 aromatic carbocycles. The van der Waals surface area contributed by atoms with Gasteiger partial charge in [-0.3, -0.25) is 19.5 Å². The highest BCUT2D eigenvalue weighted by Crippen LogP contribution is 2.40. The molecule has 0 saturated carbocycles. The molecular weight excluding hydrogens is 540 g/mol. The highest BCUT2D eigenvalue weighted by atomic mass is 35.5. The Labute approximate surface area is 251 Å². The first-order valence-corrected chi connectivity index (χ1v) is 14.9. The first-order chi connectivity index (χ1) is 20.6. The monoisotopic (exact) mass is 572 g/mol. The number of aryl methyl sites for hydroxylation is 1. The number of rotatable bonds is 6. The van der Waals surface area contributed by atoms with Crippen LogP contribution in [-0.2, 0) is 11.8 Å². The second-order valence-electron chi connectivity index (χ2n) is 11.2. The summed E-state index contributed by atoms with van der Waals surface area (Å²) >= 11 is 6.46. The van der Waals surface area contributed by atoms with Crippen molar-refractivity contribution in [2.24, 2.45) is 7.05 Å². The van der Waals surface area contributed by atoms with Gasteiger partial charge in [0, 0.05) is 72.0 Å². The highest BCUT2D eigenvalue weighted by Gasteiger charge is 2.35. The SMILES string of the molecule is Cn1cc(/C=C2\C(=O)N(CN3CCN(C(c4ccccc4)c4ccccc4)CC3)c3cc(Cl)ccc32)c2ccccc21. The van der Waals surface area contributed by atoms with Gasteiger partial charge >= 0.3 is 0 Å². The third-order valence-corrected chi connectivity index (χ3v) is 8.82. The topological polar surface area (TPSA) is 31.7 Å². The molecule has 0 aliphatic carbocycles. The summed E-state index contributed by atoms with van der Waals surface area (Å²) in [7, 11) is 2.04. The lowest BCUT2D eigenvalue weighted by atomic mass is 9.96. The van der Waals surface area contributed by atoms with E-state index in [2.05, 4.69) is 93.4 Å². The van der Waals surface area contributed by atoms with E-state index in [1.54, 1.807) is 0 Å². The summed E-state index contributed by atoms with van der Waals surface area (Å²) in [5.41, 5.74) is 7.32. The van der Waals surface area contributed by atoms with E-state index in [0.29, 0.717) is 17.3 Å². The summed E-state index contributed by atoms with van der Waals surface area (Å²) in [5.74, 6) is 0.0223. The van der Waals surface area contributed by atoms with Crippen molar-refractivity contribution in [1.29, 1.82) is 0 Å². The number of hydrogen-bond acceptors (Lipinski definition) is 3. The van der Waals surface area contributed by atoms with Crippen molar-refractivity contribution >= 4 is 45.7 Å². The quantitative estimate of drug-likeness (QED) is 0.204. The Kier molecular flexibility index (Phi) is 7.16. The number of hydrogen-bond donors (Lipinski definition) is 0. The molecule has 1 fully saturated rings. The Morgan fingerprint density at radius 1 is 0.810 bits per heavy atom. The van der Waals surface area contributed by atoms with E-state index >= 15 is 0 Å². The fourth-order valence-electron chi connectivity index (χ4n) is 6.50. The van der Waals surface area contributed by atoms with Gasteiger partial charge in [0.15, 0.2) is 0 Å². The molecule has 1 aromatic heterocycles. The predicted octanol–water partition coefficient (Wildman–Crippen LogP) is 7.08. The fourth-order valence-corrected chi connectivity index (χ4v) is 6.66. The smallest absolute Gasteiger partial charge is 0.260 e. The molecule has 3 heterocycles. The van der Waals surface area contributed by atoms with Crippen molar-refractivity contribution in [3.8, 4) is 0 Å². The lowest BCUT2D eigenvalue weighted by Crippen LogP contribution is -2.51. The molecule has 0 atom stereocenters. The lowest BCUT2D eigenvalue weighted by Gasteiger charge is -2.40. The Morgan fingerprint density at radius 3 is 2.14 bits per heavy atom. The zero-order valence-electron chi connectivity index (χ0n) is 23.7. The Bertz CT molecular complexity index is 1730. The maximum absolute atomic E-state index is 14.0. The highest BCUT2D eigenvalue weighted by molar-refractivity contribution is 6.37. The molecule has 2 aliphatic heterocycles. The third kappa shape index (κ3) is 4.94. The molecule has 0 unspecified atom stereocenters. The van der Waals surface area contributed by atoms with Gasteiger partial charge in [0.1, 0.15) is 0 Å². The maximum atomic E-state index is 14.0. The number of benzene rings is 4. The number of amides is 1. The van der Waals surface area contributed by atoms with Gasteiger partial charge in [0.2, 0.25) is 0 Å². The summed E-state index contributed by atoms with van der Waals surface area (Å²) in [6.45, 7) is 4.11. The number of aromatic nitrogens is 1. The summed E-state index contributed by atoms with van der Waals surface area (Å²) in [6.07, 6.45) is 4.14. The number of halogens is 1. The molecule has 1 saturated heterocycles. The van der Waals surface area contributed by atoms with E-state index in [9.17, 15) is 4.79 Å². The zero-order valence-corrected chi connectivity index (χ0v) is 24.4. The molecular formula is C36H33ClN4O. The van der Waals surface area contributed by atoms with Crippen LogP contribution in [0.25, 0.3) is 22.6 Å². The van der Waals surface area contributed by atoms with E-state index in [1.807, 2.05) is 48.4 Å². The minimum atomic E-state index is 0.0223. The number of carbonyl (C=O) groups excluding carboxylic acids is 1. The zero-order chi connectivity index (χ0) is 28.6. The predicted molar refractivity (Wildman–Crippen MR) is 172 cm³/mol. The van der Waals surface area contributed by atoms with Crippen LogP contribution in [0.2, 0.25) is 5.02 Å². The molecule has 0 spiro atoms. The summed E-state index contributed by atoms with van der Waals surface area (Å²) < 4.78 is 2.11. The van der Waals surface area contributed by atoms with Crippen molar-refractivity contribution in [3.05, 3.63) is 137 Å². The Balaban J connectivity index is 1.13. The standard InChI is InChI=1S/C36H33ClN4O/c1-38-24-28(30-14-8-9-15-33(30)38)22-32-31-17-16-29(37)23-34(31)41(36(32)42)25-39-18-20-40(21-19-39)35(26-10-4-2-5-11-26)27-12-6-3-7-13-27/h2-17,22-24,35H,18-21,25H2,1H3/b32-22-. The molecule has 5 nitrogen and oxygen atoms in total. The summed E-state index contributed by atoms with van der Waals surface area (Å²) in [4.78, 5) is 20.9. The molecule has 0 radical (unpaired) electrons. The van der Waals surface area contributed by atoms with Crippen molar-refractivity contribution in [1.82, 2.24) is 14.4 Å². The van der Waals surface area contributed by atoms with Gasteiger partial charge in [-0.05, 0) is 35.4 Å². The average Bonchev–Trinajstić information content (AvgIpc) is 3.48. The minimum absolute atomic E-state index is 0.0223. The van der Waals surface area contributed by atoms with Crippen molar-refractivity contribution < 1.29 is 4.79 Å². The number of para-hydroxylation sites is 1. The minimum Gasteiger partial charge on any atom is -0.350 e. The van der Waals surface area contributed by atoms with E-state index in [0.717, 1.165) is 53.9 Å². The first-order valence-electron chi connectivity index (χ1n) is 14.5. The van der Waals surface area contributed by atoms with E-state index in [1.165, 1.54) is 11.1 Å². The van der Waals surface area contributed by atoms with Gasteiger partial charge in [-0.15, -0.1) is 0 Å². The molecule has 6 heteroatoms. The molecule has 0 bridgehead atoms. The first kappa shape index (κ1) is 26.7. The van der Waals surface area contributed by atoms with Crippen molar-refractivity contribution in [3.63, 3.8) is 0 Å². The summed E-state index contributed by atoms with van der Waals surface area (Å²) in [5, 5.41) is 1.77. The largest absolute Gasteiger partial charge is 0.350 e. The number of carbonyl (C=O) groups is 1. The van der Waals surface area contributed by atoms with Crippen LogP contribution in [0.4, 0.5) is 5.69 Å². The van der Waals surface area contributed by atoms with Crippen LogP contribution >= 0.6 is 11.6 Å². The van der Waals surface area contributed by atoms with Gasteiger partial charge in [-0.1, -0.05) is 96.5 Å². The van der Waals surface area contributed by atoms with Gasteiger partial charge in [-0.25, -0.2) is 0 Å². The van der Waals surface area contributed by atoms with Crippen molar-refractivity contribution in [2.75, 3.05) is 37.7 Å². The van der Waals surface area contributed by atoms with Gasteiger partial charge in [0.25, 0.3) is 5.91 Å². The van der Waals surface area contributed by atoms with E-state index < -0.39 is 0 Å². The van der Waals surface area contributed by atoms with Crippen LogP contribution < -0.4 is 4.90 Å². The van der Waals surface area contributed by atoms with Gasteiger partial charge in [0.05, 0.1) is 18.4 Å². The molecule has 0 N–H and O–H groups in total. The molecule has 7 rings (SSSR count). The summed E-state index contributed by atoms with van der Waals surface area (Å²) in [6, 6.07) is 35.8. The van der Waals surface area contributed by atoms with Crippen molar-refractivity contribution in [2.45, 2.75) is 6.04 Å². The molecule has 1 amide bonds. The fraction of sp³-hybridized carbons (Fsp3) is 0.194. The molecule has 210 valence electrons. The second kappa shape index (κ2) is 11.3. The number of nitrogens with zero attached hydrogens (tertiary/aromatic N) is 4. The van der Waals surface area contributed by atoms with E-state index in [-0.39, 0.29) is 11.9 Å². The van der Waals surface area contributed by atoms with Crippen LogP contribution in [0.3, 0.4) is 0 Å². The van der Waals surface area contributed by atoms with Crippen LogP contribution in [0.15, 0.2) is 109 Å². The number of fused-ring (bicyclic) bond motifs is 2. The molecule has 2 aliphatic rings. The number of piperazine rings is 1. The average molecular weight is 573 g/mol. The Morgan fingerprint density at radius 2 is 1.45 bits per heavy atom.